The molecule has 0 fully saturated rings. The lowest BCUT2D eigenvalue weighted by molar-refractivity contribution is 0.573. The van der Waals surface area contributed by atoms with Crippen molar-refractivity contribution in [3.8, 4) is 0 Å². The van der Waals surface area contributed by atoms with Crippen molar-refractivity contribution in [2.45, 2.75) is 26.4 Å². The lowest BCUT2D eigenvalue weighted by Gasteiger charge is -2.11. The summed E-state index contributed by atoms with van der Waals surface area (Å²) in [7, 11) is 0. The molecule has 90 valence electrons. The molecule has 0 bridgehead atoms. The second kappa shape index (κ2) is 5.71. The zero-order chi connectivity index (χ0) is 12.3. The fourth-order valence-electron chi connectivity index (χ4n) is 1.52. The van der Waals surface area contributed by atoms with Gasteiger partial charge in [-0.3, -0.25) is 0 Å². The topological polar surface area (TPSA) is 37.8 Å². The number of nitrogens with zero attached hydrogens (tertiary/aromatic N) is 2. The van der Waals surface area contributed by atoms with Crippen LogP contribution in [0.25, 0.3) is 0 Å². The molecule has 1 N–H and O–H groups in total. The summed E-state index contributed by atoms with van der Waals surface area (Å²) in [6.07, 6.45) is 1.80. The Balaban J connectivity index is 1.94. The molecule has 0 amide bonds. The predicted molar refractivity (Wildman–Crippen MR) is 74.0 cm³/mol. The quantitative estimate of drug-likeness (QED) is 0.939. The van der Waals surface area contributed by atoms with Crippen LogP contribution in [0.3, 0.4) is 0 Å². The molecule has 0 aliphatic heterocycles. The Labute approximate surface area is 113 Å². The van der Waals surface area contributed by atoms with Crippen LogP contribution in [0.5, 0.6) is 0 Å². The van der Waals surface area contributed by atoms with Gasteiger partial charge in [0, 0.05) is 33.5 Å². The molecule has 2 aromatic rings. The van der Waals surface area contributed by atoms with E-state index in [1.165, 1.54) is 4.88 Å². The molecular formula is C12H14BrN3S. The second-order valence-corrected chi connectivity index (χ2v) is 5.72. The first-order valence-corrected chi connectivity index (χ1v) is 7.08. The molecule has 0 spiro atoms. The average molecular weight is 312 g/mol. The third kappa shape index (κ3) is 3.59. The Morgan fingerprint density at radius 1 is 1.53 bits per heavy atom. The highest BCUT2D eigenvalue weighted by Gasteiger charge is 2.07. The predicted octanol–water partition coefficient (Wildman–Crippen LogP) is 3.46. The minimum absolute atomic E-state index is 0.335. The maximum absolute atomic E-state index is 4.36. The van der Waals surface area contributed by atoms with Crippen LogP contribution in [0.15, 0.2) is 28.2 Å². The van der Waals surface area contributed by atoms with E-state index in [-0.39, 0.29) is 0 Å². The molecule has 0 radical (unpaired) electrons. The highest BCUT2D eigenvalue weighted by atomic mass is 79.9. The summed E-state index contributed by atoms with van der Waals surface area (Å²) in [4.78, 5) is 9.77. The molecular weight excluding hydrogens is 298 g/mol. The van der Waals surface area contributed by atoms with E-state index in [4.69, 9.17) is 0 Å². The zero-order valence-electron chi connectivity index (χ0n) is 9.77. The molecule has 17 heavy (non-hydrogen) atoms. The number of hydrogen-bond donors (Lipinski definition) is 1. The van der Waals surface area contributed by atoms with Gasteiger partial charge in [0.05, 0.1) is 5.69 Å². The van der Waals surface area contributed by atoms with Crippen LogP contribution < -0.4 is 5.32 Å². The van der Waals surface area contributed by atoms with Crippen LogP contribution in [0.1, 0.15) is 29.4 Å². The maximum Gasteiger partial charge on any atom is 0.125 e. The standard InChI is InChI=1S/C12H14BrN3S/c1-8(12-5-10(13)7-17-12)15-6-11-3-4-14-9(2)16-11/h3-5,7-8,15H,6H2,1-2H3. The summed E-state index contributed by atoms with van der Waals surface area (Å²) >= 11 is 5.22. The number of thiophene rings is 1. The van der Waals surface area contributed by atoms with Crippen molar-refractivity contribution in [3.05, 3.63) is 44.6 Å². The Morgan fingerprint density at radius 3 is 3.00 bits per heavy atom. The fourth-order valence-corrected chi connectivity index (χ4v) is 2.99. The Hall–Kier alpha value is -0.780. The van der Waals surface area contributed by atoms with Crippen molar-refractivity contribution in [1.29, 1.82) is 0 Å². The van der Waals surface area contributed by atoms with Gasteiger partial charge >= 0.3 is 0 Å². The van der Waals surface area contributed by atoms with Gasteiger partial charge in [-0.05, 0) is 41.9 Å². The summed E-state index contributed by atoms with van der Waals surface area (Å²) in [6, 6.07) is 4.42. The first kappa shape index (κ1) is 12.7. The van der Waals surface area contributed by atoms with Crippen molar-refractivity contribution in [3.63, 3.8) is 0 Å². The SMILES string of the molecule is Cc1nccc(CNC(C)c2cc(Br)cs2)n1. The van der Waals surface area contributed by atoms with E-state index < -0.39 is 0 Å². The maximum atomic E-state index is 4.36. The van der Waals surface area contributed by atoms with Crippen molar-refractivity contribution >= 4 is 27.3 Å². The molecule has 2 aromatic heterocycles. The number of halogens is 1. The van der Waals surface area contributed by atoms with Gasteiger partial charge in [0.25, 0.3) is 0 Å². The van der Waals surface area contributed by atoms with Crippen molar-refractivity contribution in [2.24, 2.45) is 0 Å². The Morgan fingerprint density at radius 2 is 2.35 bits per heavy atom. The van der Waals surface area contributed by atoms with E-state index in [1.54, 1.807) is 17.5 Å². The summed E-state index contributed by atoms with van der Waals surface area (Å²) < 4.78 is 1.14. The third-order valence-corrected chi connectivity index (χ3v) is 4.31. The lowest BCUT2D eigenvalue weighted by atomic mass is 10.2. The summed E-state index contributed by atoms with van der Waals surface area (Å²) in [5.74, 6) is 0.816. The number of nitrogens with one attached hydrogen (secondary N) is 1. The number of rotatable bonds is 4. The summed E-state index contributed by atoms with van der Waals surface area (Å²) in [5.41, 5.74) is 1.03. The van der Waals surface area contributed by atoms with Gasteiger partial charge in [-0.2, -0.15) is 0 Å². The first-order valence-electron chi connectivity index (χ1n) is 5.41. The normalized spacial score (nSPS) is 12.6. The number of hydrogen-bond acceptors (Lipinski definition) is 4. The van der Waals surface area contributed by atoms with Gasteiger partial charge in [-0.1, -0.05) is 0 Å². The number of aromatic nitrogens is 2. The van der Waals surface area contributed by atoms with Gasteiger partial charge in [0.2, 0.25) is 0 Å². The molecule has 2 heterocycles. The molecule has 1 atom stereocenters. The van der Waals surface area contributed by atoms with Crippen LogP contribution in [-0.4, -0.2) is 9.97 Å². The second-order valence-electron chi connectivity index (χ2n) is 3.87. The van der Waals surface area contributed by atoms with Crippen LogP contribution in [0.2, 0.25) is 0 Å². The molecule has 0 aliphatic carbocycles. The van der Waals surface area contributed by atoms with E-state index in [0.717, 1.165) is 22.5 Å². The highest BCUT2D eigenvalue weighted by molar-refractivity contribution is 9.10. The lowest BCUT2D eigenvalue weighted by Crippen LogP contribution is -2.18. The number of aryl methyl sites for hydroxylation is 1. The van der Waals surface area contributed by atoms with Crippen molar-refractivity contribution < 1.29 is 0 Å². The Bertz CT molecular complexity index is 498. The van der Waals surface area contributed by atoms with E-state index >= 15 is 0 Å². The van der Waals surface area contributed by atoms with Crippen LogP contribution in [0.4, 0.5) is 0 Å². The molecule has 1 unspecified atom stereocenters. The summed E-state index contributed by atoms with van der Waals surface area (Å²) in [5, 5.41) is 5.55. The van der Waals surface area contributed by atoms with Crippen LogP contribution >= 0.6 is 27.3 Å². The third-order valence-electron chi connectivity index (χ3n) is 2.44. The van der Waals surface area contributed by atoms with E-state index in [0.29, 0.717) is 6.04 Å². The fraction of sp³-hybridized carbons (Fsp3) is 0.333. The average Bonchev–Trinajstić information content (AvgIpc) is 2.73. The van der Waals surface area contributed by atoms with Crippen LogP contribution in [0, 0.1) is 6.92 Å². The van der Waals surface area contributed by atoms with Gasteiger partial charge < -0.3 is 5.32 Å². The van der Waals surface area contributed by atoms with Crippen molar-refractivity contribution in [2.75, 3.05) is 0 Å². The molecule has 0 saturated heterocycles. The van der Waals surface area contributed by atoms with E-state index in [1.807, 2.05) is 13.0 Å². The molecule has 0 aromatic carbocycles. The molecule has 3 nitrogen and oxygen atoms in total. The molecule has 2 rings (SSSR count). The highest BCUT2D eigenvalue weighted by Crippen LogP contribution is 2.25. The zero-order valence-corrected chi connectivity index (χ0v) is 12.2. The molecule has 0 aliphatic rings. The van der Waals surface area contributed by atoms with Crippen LogP contribution in [-0.2, 0) is 6.54 Å². The molecule has 5 heteroatoms. The van der Waals surface area contributed by atoms with Gasteiger partial charge in [0.1, 0.15) is 5.82 Å². The van der Waals surface area contributed by atoms with E-state index in [2.05, 4.69) is 49.6 Å². The van der Waals surface area contributed by atoms with Gasteiger partial charge in [0.15, 0.2) is 0 Å². The summed E-state index contributed by atoms with van der Waals surface area (Å²) in [6.45, 7) is 4.83. The minimum Gasteiger partial charge on any atom is -0.304 e. The smallest absolute Gasteiger partial charge is 0.125 e. The minimum atomic E-state index is 0.335. The Kier molecular flexibility index (Phi) is 4.25. The van der Waals surface area contributed by atoms with Gasteiger partial charge in [-0.15, -0.1) is 11.3 Å². The largest absolute Gasteiger partial charge is 0.304 e. The van der Waals surface area contributed by atoms with Crippen molar-refractivity contribution in [1.82, 2.24) is 15.3 Å². The molecule has 0 saturated carbocycles. The monoisotopic (exact) mass is 311 g/mol. The van der Waals surface area contributed by atoms with E-state index in [9.17, 15) is 0 Å². The first-order chi connectivity index (χ1) is 8.15. The van der Waals surface area contributed by atoms with Gasteiger partial charge in [-0.25, -0.2) is 9.97 Å².